The average molecular weight is 586 g/mol. The maximum atomic E-state index is 14.1. The van der Waals surface area contributed by atoms with E-state index in [1.165, 1.54) is 37.4 Å². The highest BCUT2D eigenvalue weighted by Gasteiger charge is 2.43. The van der Waals surface area contributed by atoms with E-state index in [1.54, 1.807) is 44.2 Å². The normalized spacial score (nSPS) is 15.6. The maximum absolute atomic E-state index is 14.1. The zero-order valence-electron chi connectivity index (χ0n) is 22.0. The fourth-order valence-corrected chi connectivity index (χ4v) is 6.65. The number of ether oxygens (including phenoxy) is 1. The van der Waals surface area contributed by atoms with Crippen LogP contribution in [-0.2, 0) is 35.6 Å². The highest BCUT2D eigenvalue weighted by molar-refractivity contribution is 7.93. The fraction of sp³-hybridized carbons (Fsp3) is 0.250. The van der Waals surface area contributed by atoms with E-state index in [0.717, 1.165) is 4.31 Å². The highest BCUT2D eigenvalue weighted by atomic mass is 35.5. The number of aromatic hydroxyl groups is 1. The van der Waals surface area contributed by atoms with Crippen molar-refractivity contribution in [1.82, 2.24) is 5.32 Å². The first-order valence-corrected chi connectivity index (χ1v) is 14.1. The smallest absolute Gasteiger partial charge is 0.328 e. The van der Waals surface area contributed by atoms with Crippen molar-refractivity contribution < 1.29 is 32.6 Å². The molecule has 0 aliphatic carbocycles. The minimum Gasteiger partial charge on any atom is -0.508 e. The van der Waals surface area contributed by atoms with Gasteiger partial charge in [-0.15, -0.1) is 0 Å². The van der Waals surface area contributed by atoms with E-state index in [2.05, 4.69) is 10.6 Å². The summed E-state index contributed by atoms with van der Waals surface area (Å²) in [5, 5.41) is 15.2. The lowest BCUT2D eigenvalue weighted by Crippen LogP contribution is -2.54. The van der Waals surface area contributed by atoms with Gasteiger partial charge in [0, 0.05) is 11.4 Å². The number of benzene rings is 3. The lowest BCUT2D eigenvalue weighted by atomic mass is 10.0. The van der Waals surface area contributed by atoms with Gasteiger partial charge in [-0.3, -0.25) is 13.9 Å². The van der Waals surface area contributed by atoms with Crippen molar-refractivity contribution in [1.29, 1.82) is 0 Å². The van der Waals surface area contributed by atoms with Crippen molar-refractivity contribution in [2.45, 2.75) is 43.7 Å². The van der Waals surface area contributed by atoms with E-state index >= 15 is 0 Å². The van der Waals surface area contributed by atoms with Crippen LogP contribution in [0.15, 0.2) is 65.6 Å². The molecule has 0 saturated heterocycles. The quantitative estimate of drug-likeness (QED) is 0.344. The number of fused-ring (bicyclic) bond motifs is 1. The van der Waals surface area contributed by atoms with E-state index in [-0.39, 0.29) is 28.4 Å². The zero-order valence-corrected chi connectivity index (χ0v) is 23.5. The van der Waals surface area contributed by atoms with Gasteiger partial charge >= 0.3 is 5.97 Å². The van der Waals surface area contributed by atoms with E-state index in [4.69, 9.17) is 16.3 Å². The van der Waals surface area contributed by atoms with E-state index < -0.39 is 46.3 Å². The Kier molecular flexibility index (Phi) is 8.36. The molecule has 3 aromatic carbocycles. The Labute approximate surface area is 237 Å². The SMILES string of the molecule is COC(=O)[C@@H](Cc1ccc(O)cc1)NC(=O)C[C@@H]1C(=O)Nc2ccccc2N1S(=O)(=O)c1cc(C)c(Cl)cc1C. The Balaban J connectivity index is 1.68. The topological polar surface area (TPSA) is 142 Å². The second-order valence-electron chi connectivity index (χ2n) is 9.41. The summed E-state index contributed by atoms with van der Waals surface area (Å²) in [6, 6.07) is 12.8. The first kappa shape index (κ1) is 28.9. The van der Waals surface area contributed by atoms with Gasteiger partial charge in [-0.2, -0.15) is 0 Å². The Morgan fingerprint density at radius 1 is 1.10 bits per heavy atom. The van der Waals surface area contributed by atoms with Crippen molar-refractivity contribution in [2.75, 3.05) is 16.7 Å². The predicted octanol–water partition coefficient (Wildman–Crippen LogP) is 3.47. The van der Waals surface area contributed by atoms with Crippen LogP contribution in [0.5, 0.6) is 5.75 Å². The van der Waals surface area contributed by atoms with E-state index in [9.17, 15) is 27.9 Å². The van der Waals surface area contributed by atoms with Gasteiger partial charge in [-0.25, -0.2) is 13.2 Å². The molecule has 2 amide bonds. The molecular formula is C28H28ClN3O7S. The van der Waals surface area contributed by atoms with Crippen LogP contribution in [0.1, 0.15) is 23.1 Å². The second kappa shape index (κ2) is 11.6. The van der Waals surface area contributed by atoms with Crippen LogP contribution in [-0.4, -0.2) is 50.5 Å². The van der Waals surface area contributed by atoms with Gasteiger partial charge in [0.25, 0.3) is 10.0 Å². The summed E-state index contributed by atoms with van der Waals surface area (Å²) in [5.74, 6) is -2.12. The summed E-state index contributed by atoms with van der Waals surface area (Å²) in [4.78, 5) is 38.9. The van der Waals surface area contributed by atoms with Crippen LogP contribution in [0.4, 0.5) is 11.4 Å². The van der Waals surface area contributed by atoms with Crippen molar-refractivity contribution in [3.63, 3.8) is 0 Å². The van der Waals surface area contributed by atoms with Crippen molar-refractivity contribution >= 4 is 50.8 Å². The second-order valence-corrected chi connectivity index (χ2v) is 11.6. The molecule has 4 rings (SSSR count). The minimum atomic E-state index is -4.36. The summed E-state index contributed by atoms with van der Waals surface area (Å²) in [5.41, 5.74) is 2.01. The molecule has 1 aliphatic rings. The van der Waals surface area contributed by atoms with Crippen molar-refractivity contribution in [2.24, 2.45) is 0 Å². The molecule has 0 bridgehead atoms. The summed E-state index contributed by atoms with van der Waals surface area (Å²) >= 11 is 6.20. The molecular weight excluding hydrogens is 558 g/mol. The Morgan fingerprint density at radius 3 is 2.45 bits per heavy atom. The summed E-state index contributed by atoms with van der Waals surface area (Å²) in [6.07, 6.45) is -0.530. The maximum Gasteiger partial charge on any atom is 0.328 e. The Bertz CT molecular complexity index is 1580. The van der Waals surface area contributed by atoms with Crippen molar-refractivity contribution in [3.8, 4) is 5.75 Å². The molecule has 2 atom stereocenters. The van der Waals surface area contributed by atoms with E-state index in [1.807, 2.05) is 0 Å². The summed E-state index contributed by atoms with van der Waals surface area (Å²) in [6.45, 7) is 3.27. The zero-order chi connectivity index (χ0) is 29.2. The standard InChI is InChI=1S/C28H28ClN3O7S/c1-16-13-25(17(2)12-20(16)29)40(37,38)32-23-7-5-4-6-21(23)31-27(35)24(32)15-26(34)30-22(28(36)39-3)14-18-8-10-19(33)11-9-18/h4-13,22,24,33H,14-15H2,1-3H3,(H,30,34)(H,31,35)/t22-,24-/m1/s1. The number of rotatable bonds is 8. The van der Waals surface area contributed by atoms with Gasteiger partial charge in [0.1, 0.15) is 17.8 Å². The number of hydrogen-bond donors (Lipinski definition) is 3. The van der Waals surface area contributed by atoms with Gasteiger partial charge in [-0.05, 0) is 66.9 Å². The van der Waals surface area contributed by atoms with Gasteiger partial charge in [0.2, 0.25) is 11.8 Å². The number of halogens is 1. The number of methoxy groups -OCH3 is 1. The molecule has 3 N–H and O–H groups in total. The number of phenols is 1. The summed E-state index contributed by atoms with van der Waals surface area (Å²) in [7, 11) is -3.18. The van der Waals surface area contributed by atoms with Crippen LogP contribution in [0.3, 0.4) is 0 Å². The molecule has 0 fully saturated rings. The monoisotopic (exact) mass is 585 g/mol. The predicted molar refractivity (Wildman–Crippen MR) is 150 cm³/mol. The van der Waals surface area contributed by atoms with Gasteiger partial charge in [0.15, 0.2) is 0 Å². The first-order valence-electron chi connectivity index (χ1n) is 12.3. The molecule has 40 heavy (non-hydrogen) atoms. The molecule has 3 aromatic rings. The van der Waals surface area contributed by atoms with Crippen LogP contribution in [0.25, 0.3) is 0 Å². The fourth-order valence-electron chi connectivity index (χ4n) is 4.51. The molecule has 0 aromatic heterocycles. The highest BCUT2D eigenvalue weighted by Crippen LogP contribution is 2.38. The minimum absolute atomic E-state index is 0.0402. The van der Waals surface area contributed by atoms with Crippen LogP contribution >= 0.6 is 11.6 Å². The molecule has 0 radical (unpaired) electrons. The largest absolute Gasteiger partial charge is 0.508 e. The lowest BCUT2D eigenvalue weighted by molar-refractivity contribution is -0.145. The van der Waals surface area contributed by atoms with Gasteiger partial charge < -0.3 is 20.5 Å². The third-order valence-electron chi connectivity index (χ3n) is 6.55. The number of nitrogens with zero attached hydrogens (tertiary/aromatic N) is 1. The number of para-hydroxylation sites is 2. The number of esters is 1. The number of carbonyl (C=O) groups excluding carboxylic acids is 3. The number of sulfonamides is 1. The van der Waals surface area contributed by atoms with Gasteiger partial charge in [-0.1, -0.05) is 35.9 Å². The van der Waals surface area contributed by atoms with Crippen LogP contribution in [0, 0.1) is 13.8 Å². The molecule has 1 heterocycles. The van der Waals surface area contributed by atoms with Crippen LogP contribution in [0.2, 0.25) is 5.02 Å². The molecule has 10 nitrogen and oxygen atoms in total. The molecule has 12 heteroatoms. The lowest BCUT2D eigenvalue weighted by Gasteiger charge is -2.37. The average Bonchev–Trinajstić information content (AvgIpc) is 2.91. The number of aryl methyl sites for hydroxylation is 2. The molecule has 0 saturated carbocycles. The Hall–Kier alpha value is -4.09. The first-order chi connectivity index (χ1) is 18.9. The number of hydrogen-bond acceptors (Lipinski definition) is 7. The van der Waals surface area contributed by atoms with Crippen molar-refractivity contribution in [3.05, 3.63) is 82.4 Å². The third-order valence-corrected chi connectivity index (χ3v) is 8.93. The van der Waals surface area contributed by atoms with Crippen LogP contribution < -0.4 is 14.9 Å². The number of phenolic OH excluding ortho intramolecular Hbond substituents is 1. The summed E-state index contributed by atoms with van der Waals surface area (Å²) < 4.78 is 34.0. The molecule has 1 aliphatic heterocycles. The molecule has 0 spiro atoms. The number of carbonyl (C=O) groups is 3. The molecule has 0 unspecified atom stereocenters. The third kappa shape index (κ3) is 5.90. The van der Waals surface area contributed by atoms with Gasteiger partial charge in [0.05, 0.1) is 29.8 Å². The number of nitrogens with one attached hydrogen (secondary N) is 2. The van der Waals surface area contributed by atoms with E-state index in [0.29, 0.717) is 21.7 Å². The number of anilines is 2. The number of amides is 2. The molecule has 210 valence electrons. The Morgan fingerprint density at radius 2 is 1.77 bits per heavy atom.